The highest BCUT2D eigenvalue weighted by molar-refractivity contribution is 5.16. The minimum Gasteiger partial charge on any atom is -0.384 e. The van der Waals surface area contributed by atoms with Crippen LogP contribution in [0.4, 0.5) is 0 Å². The van der Waals surface area contributed by atoms with Crippen LogP contribution in [0.3, 0.4) is 0 Å². The lowest BCUT2D eigenvalue weighted by molar-refractivity contribution is 0.350. The second-order valence-electron chi connectivity index (χ2n) is 0.572. The van der Waals surface area contributed by atoms with Gasteiger partial charge in [-0.3, -0.25) is 0 Å². The smallest absolute Gasteiger partial charge is 0.152 e. The molecule has 1 N–H and O–H groups in total. The van der Waals surface area contributed by atoms with E-state index in [2.05, 4.69) is 5.92 Å². The van der Waals surface area contributed by atoms with Crippen molar-refractivity contribution in [3.05, 3.63) is 0 Å². The summed E-state index contributed by atoms with van der Waals surface area (Å²) in [5, 5.41) is 15.5. The van der Waals surface area contributed by atoms with Crippen molar-refractivity contribution in [2.75, 3.05) is 6.61 Å². The van der Waals surface area contributed by atoms with Gasteiger partial charge in [-0.15, -0.1) is 0 Å². The van der Waals surface area contributed by atoms with Gasteiger partial charge in [0.25, 0.3) is 0 Å². The molecule has 0 atom stereocenters. The molecule has 0 aliphatic carbocycles. The lowest BCUT2D eigenvalue weighted by atomic mass is 10.6. The van der Waals surface area contributed by atoms with Crippen LogP contribution in [0.25, 0.3) is 0 Å². The third kappa shape index (κ3) is 3.01. The largest absolute Gasteiger partial charge is 0.384 e. The zero-order chi connectivity index (χ0) is 4.83. The maximum Gasteiger partial charge on any atom is 0.152 e. The van der Waals surface area contributed by atoms with Gasteiger partial charge in [-0.05, 0) is 0 Å². The Morgan fingerprint density at radius 3 is 2.50 bits per heavy atom. The molecule has 0 unspecified atom stereocenters. The van der Waals surface area contributed by atoms with Gasteiger partial charge in [-0.25, -0.2) is 0 Å². The summed E-state index contributed by atoms with van der Waals surface area (Å²) in [7, 11) is 0. The fraction of sp³-hybridized carbons (Fsp3) is 0.250. The van der Waals surface area contributed by atoms with E-state index in [9.17, 15) is 0 Å². The molecule has 0 saturated heterocycles. The standard InChI is InChI=1S/C4H3NO/c5-3-1-2-4-6/h6H,4H2. The Hall–Kier alpha value is -0.990. The maximum atomic E-state index is 7.87. The van der Waals surface area contributed by atoms with E-state index < -0.39 is 0 Å². The van der Waals surface area contributed by atoms with E-state index in [4.69, 9.17) is 10.4 Å². The van der Waals surface area contributed by atoms with Crippen LogP contribution in [0.5, 0.6) is 0 Å². The summed E-state index contributed by atoms with van der Waals surface area (Å²) in [5.41, 5.74) is 0. The normalized spacial score (nSPS) is 4.67. The Bertz CT molecular complexity index is 112. The minimum absolute atomic E-state index is 0.229. The van der Waals surface area contributed by atoms with E-state index in [1.54, 1.807) is 6.07 Å². The van der Waals surface area contributed by atoms with E-state index >= 15 is 0 Å². The molecule has 0 spiro atoms. The van der Waals surface area contributed by atoms with Gasteiger partial charge < -0.3 is 5.11 Å². The van der Waals surface area contributed by atoms with Gasteiger partial charge >= 0.3 is 0 Å². The van der Waals surface area contributed by atoms with Gasteiger partial charge in [0, 0.05) is 5.92 Å². The summed E-state index contributed by atoms with van der Waals surface area (Å²) in [6.07, 6.45) is 0. The van der Waals surface area contributed by atoms with Crippen LogP contribution in [0.1, 0.15) is 0 Å². The molecule has 0 aromatic heterocycles. The average Bonchev–Trinajstić information content (AvgIpc) is 1.61. The molecule has 0 aromatic carbocycles. The topological polar surface area (TPSA) is 44.0 Å². The maximum absolute atomic E-state index is 7.87. The van der Waals surface area contributed by atoms with Crippen molar-refractivity contribution < 1.29 is 5.11 Å². The first kappa shape index (κ1) is 5.01. The molecular weight excluding hydrogens is 78.0 g/mol. The van der Waals surface area contributed by atoms with Crippen LogP contribution in [0, 0.1) is 23.2 Å². The molecule has 0 aromatic rings. The van der Waals surface area contributed by atoms with Crippen molar-refractivity contribution in [3.63, 3.8) is 0 Å². The molecule has 0 fully saturated rings. The van der Waals surface area contributed by atoms with Crippen molar-refractivity contribution in [1.29, 1.82) is 5.26 Å². The lowest BCUT2D eigenvalue weighted by Crippen LogP contribution is -1.67. The summed E-state index contributed by atoms with van der Waals surface area (Å²) < 4.78 is 0. The fourth-order valence-corrected chi connectivity index (χ4v) is 0.0791. The van der Waals surface area contributed by atoms with Crippen molar-refractivity contribution >= 4 is 0 Å². The second kappa shape index (κ2) is 4.01. The van der Waals surface area contributed by atoms with Crippen molar-refractivity contribution in [2.24, 2.45) is 0 Å². The molecule has 0 heterocycles. The third-order valence-electron chi connectivity index (χ3n) is 0.223. The summed E-state index contributed by atoms with van der Waals surface area (Å²) >= 11 is 0. The molecular formula is C4H3NO. The van der Waals surface area contributed by atoms with Gasteiger partial charge in [-0.1, -0.05) is 5.92 Å². The van der Waals surface area contributed by atoms with Gasteiger partial charge in [0.1, 0.15) is 6.61 Å². The lowest BCUT2D eigenvalue weighted by Gasteiger charge is -1.58. The van der Waals surface area contributed by atoms with E-state index in [0.29, 0.717) is 0 Å². The molecule has 2 nitrogen and oxygen atoms in total. The predicted octanol–water partition coefficient (Wildman–Crippen LogP) is -0.494. The zero-order valence-corrected chi connectivity index (χ0v) is 3.10. The Morgan fingerprint density at radius 2 is 2.33 bits per heavy atom. The molecule has 0 amide bonds. The van der Waals surface area contributed by atoms with Crippen LogP contribution in [0.15, 0.2) is 0 Å². The molecule has 0 saturated carbocycles. The average molecular weight is 81.1 g/mol. The number of hydrogen-bond donors (Lipinski definition) is 1. The van der Waals surface area contributed by atoms with Gasteiger partial charge in [0.05, 0.1) is 0 Å². The quantitative estimate of drug-likeness (QED) is 0.400. The van der Waals surface area contributed by atoms with E-state index in [1.165, 1.54) is 0 Å². The minimum atomic E-state index is -0.229. The van der Waals surface area contributed by atoms with E-state index in [0.717, 1.165) is 0 Å². The highest BCUT2D eigenvalue weighted by Gasteiger charge is 1.54. The molecule has 6 heavy (non-hydrogen) atoms. The molecule has 0 rings (SSSR count). The first-order valence-electron chi connectivity index (χ1n) is 1.39. The summed E-state index contributed by atoms with van der Waals surface area (Å²) in [5.74, 6) is 4.15. The molecule has 0 aliphatic heterocycles. The molecule has 0 bridgehead atoms. The van der Waals surface area contributed by atoms with Crippen LogP contribution >= 0.6 is 0 Å². The molecule has 0 radical (unpaired) electrons. The molecule has 0 aliphatic rings. The number of hydrogen-bond acceptors (Lipinski definition) is 2. The van der Waals surface area contributed by atoms with Crippen LogP contribution in [-0.4, -0.2) is 11.7 Å². The fourth-order valence-electron chi connectivity index (χ4n) is 0.0791. The Kier molecular flexibility index (Phi) is 3.35. The molecule has 2 heteroatoms. The highest BCUT2D eigenvalue weighted by atomic mass is 16.2. The van der Waals surface area contributed by atoms with Crippen LogP contribution in [-0.2, 0) is 0 Å². The number of rotatable bonds is 0. The Labute approximate surface area is 36.0 Å². The SMILES string of the molecule is N#CC#CCO. The summed E-state index contributed by atoms with van der Waals surface area (Å²) in [4.78, 5) is 0. The van der Waals surface area contributed by atoms with Crippen molar-refractivity contribution in [2.45, 2.75) is 0 Å². The van der Waals surface area contributed by atoms with Crippen LogP contribution in [0.2, 0.25) is 0 Å². The predicted molar refractivity (Wildman–Crippen MR) is 20.5 cm³/mol. The van der Waals surface area contributed by atoms with E-state index in [1.807, 2.05) is 5.92 Å². The number of nitrogens with zero attached hydrogens (tertiary/aromatic N) is 1. The number of aliphatic hydroxyl groups is 1. The third-order valence-corrected chi connectivity index (χ3v) is 0.223. The summed E-state index contributed by atoms with van der Waals surface area (Å²) in [6, 6.07) is 1.55. The van der Waals surface area contributed by atoms with Gasteiger partial charge in [0.15, 0.2) is 6.07 Å². The first-order chi connectivity index (χ1) is 2.91. The highest BCUT2D eigenvalue weighted by Crippen LogP contribution is 1.46. The van der Waals surface area contributed by atoms with Gasteiger partial charge in [0.2, 0.25) is 0 Å². The van der Waals surface area contributed by atoms with Gasteiger partial charge in [-0.2, -0.15) is 5.26 Å². The van der Waals surface area contributed by atoms with E-state index in [-0.39, 0.29) is 6.61 Å². The second-order valence-corrected chi connectivity index (χ2v) is 0.572. The zero-order valence-electron chi connectivity index (χ0n) is 3.10. The number of aliphatic hydroxyl groups excluding tert-OH is 1. The first-order valence-corrected chi connectivity index (χ1v) is 1.39. The van der Waals surface area contributed by atoms with Crippen LogP contribution < -0.4 is 0 Å². The monoisotopic (exact) mass is 81.0 g/mol. The van der Waals surface area contributed by atoms with Crippen molar-refractivity contribution in [3.8, 4) is 17.9 Å². The molecule has 30 valence electrons. The Morgan fingerprint density at radius 1 is 1.67 bits per heavy atom. The van der Waals surface area contributed by atoms with Crippen molar-refractivity contribution in [1.82, 2.24) is 0 Å². The Balaban J connectivity index is 3.22. The summed E-state index contributed by atoms with van der Waals surface area (Å²) in [6.45, 7) is -0.229. The number of nitriles is 1.